The second-order valence-corrected chi connectivity index (χ2v) is 36.2. The Morgan fingerprint density at radius 2 is 0.641 bits per heavy atom. The number of benzene rings is 7. The molecule has 31 nitrogen and oxygen atoms in total. The monoisotopic (exact) mass is 1960 g/mol. The molecule has 1 heterocycles. The lowest BCUT2D eigenvalue weighted by Gasteiger charge is -2.27. The first-order valence-corrected chi connectivity index (χ1v) is 49.7. The molecule has 0 spiro atoms. The fourth-order valence-corrected chi connectivity index (χ4v) is 18.0. The predicted octanol–water partition coefficient (Wildman–Crippen LogP) is 18.9. The molecule has 0 aliphatic heterocycles. The Bertz CT molecular complexity index is 5700. The Labute approximate surface area is 830 Å². The van der Waals surface area contributed by atoms with Crippen LogP contribution in [0.1, 0.15) is 202 Å². The van der Waals surface area contributed by atoms with Crippen LogP contribution in [0.15, 0.2) is 224 Å². The molecule has 32 heteroatoms. The normalized spacial score (nSPS) is 17.8. The van der Waals surface area contributed by atoms with Crippen LogP contribution in [-0.2, 0) is 76.5 Å². The molecule has 13 rings (SSSR count). The van der Waals surface area contributed by atoms with Gasteiger partial charge in [-0.1, -0.05) is 98.3 Å². The van der Waals surface area contributed by atoms with E-state index < -0.39 is 71.4 Å². The van der Waals surface area contributed by atoms with E-state index >= 15 is 0 Å². The number of thiazole rings is 1. The molecule has 0 atom stereocenters. The number of carbonyl (C=O) groups is 12. The Morgan fingerprint density at radius 1 is 0.331 bits per heavy atom. The van der Waals surface area contributed by atoms with Crippen molar-refractivity contribution >= 4 is 116 Å². The molecule has 0 radical (unpaired) electrons. The topological polar surface area (TPSA) is 402 Å². The van der Waals surface area contributed by atoms with Gasteiger partial charge in [0.2, 0.25) is 16.9 Å². The van der Waals surface area contributed by atoms with Gasteiger partial charge in [0, 0.05) is 71.5 Å². The van der Waals surface area contributed by atoms with Gasteiger partial charge in [0.05, 0.1) is 97.8 Å². The van der Waals surface area contributed by atoms with E-state index in [9.17, 15) is 57.5 Å². The summed E-state index contributed by atoms with van der Waals surface area (Å²) in [5.41, 5.74) is 9.18. The molecule has 0 bridgehead atoms. The number of fused-ring (bicyclic) bond motifs is 4. The van der Waals surface area contributed by atoms with Gasteiger partial charge in [0.15, 0.2) is 0 Å². The Morgan fingerprint density at radius 3 is 1.01 bits per heavy atom. The third-order valence-electron chi connectivity index (χ3n) is 25.2. The Balaban J connectivity index is 0.000000266. The van der Waals surface area contributed by atoms with E-state index in [1.165, 1.54) is 23.8 Å². The molecular formula is C110H123N7O24S. The molecule has 0 unspecified atom stereocenters. The summed E-state index contributed by atoms with van der Waals surface area (Å²) in [5, 5.41) is 20.0. The zero-order chi connectivity index (χ0) is 100. The summed E-state index contributed by atoms with van der Waals surface area (Å²) in [6.45, 7) is 16.8. The highest BCUT2D eigenvalue weighted by molar-refractivity contribution is 7.22. The Kier molecular flexibility index (Phi) is 42.4. The van der Waals surface area contributed by atoms with Crippen molar-refractivity contribution in [3.63, 3.8) is 0 Å². The molecule has 1 aromatic heterocycles. The number of nitrogens with one attached hydrogen (secondary N) is 3. The van der Waals surface area contributed by atoms with Crippen LogP contribution in [0.25, 0.3) is 21.3 Å². The van der Waals surface area contributed by atoms with Crippen molar-refractivity contribution in [1.82, 2.24) is 15.6 Å². The lowest BCUT2D eigenvalue weighted by molar-refractivity contribution is -0.145. The number of ether oxygens (including phenoxy) is 12. The van der Waals surface area contributed by atoms with Gasteiger partial charge in [0.25, 0.3) is 0 Å². The molecule has 2 amide bonds. The van der Waals surface area contributed by atoms with Gasteiger partial charge in [0.1, 0.15) is 51.7 Å². The van der Waals surface area contributed by atoms with Crippen LogP contribution < -0.4 is 54.0 Å². The van der Waals surface area contributed by atoms with Gasteiger partial charge in [-0.05, 0) is 288 Å². The Hall–Kier alpha value is -14.6. The summed E-state index contributed by atoms with van der Waals surface area (Å²) in [6.07, 6.45) is 24.7. The molecule has 748 valence electrons. The van der Waals surface area contributed by atoms with Crippen molar-refractivity contribution < 1.29 is 114 Å². The minimum atomic E-state index is -0.473. The van der Waals surface area contributed by atoms with Crippen LogP contribution in [0.4, 0.5) is 5.13 Å². The van der Waals surface area contributed by atoms with Gasteiger partial charge in [-0.3, -0.25) is 43.8 Å². The summed E-state index contributed by atoms with van der Waals surface area (Å²) in [5.74, 6) is -4.13. The lowest BCUT2D eigenvalue weighted by atomic mass is 9.81. The highest BCUT2D eigenvalue weighted by atomic mass is 32.1. The highest BCUT2D eigenvalue weighted by Gasteiger charge is 2.38. The largest absolute Gasteiger partial charge is 0.494 e. The average molecular weight is 1960 g/mol. The molecule has 4 saturated carbocycles. The van der Waals surface area contributed by atoms with Gasteiger partial charge in [-0.25, -0.2) is 24.2 Å². The first-order chi connectivity index (χ1) is 69.2. The highest BCUT2D eigenvalue weighted by Crippen LogP contribution is 2.41. The molecule has 8 aromatic rings. The number of amides is 2. The fourth-order valence-electron chi connectivity index (χ4n) is 17.2. The molecule has 4 fully saturated rings. The van der Waals surface area contributed by atoms with Crippen LogP contribution in [0.3, 0.4) is 0 Å². The molecule has 142 heavy (non-hydrogen) atoms. The third-order valence-corrected chi connectivity index (χ3v) is 26.2. The van der Waals surface area contributed by atoms with Gasteiger partial charge >= 0.3 is 59.7 Å². The first kappa shape index (κ1) is 106. The van der Waals surface area contributed by atoms with Crippen molar-refractivity contribution in [3.05, 3.63) is 231 Å². The van der Waals surface area contributed by atoms with E-state index in [2.05, 4.69) is 62.7 Å². The first-order valence-electron chi connectivity index (χ1n) is 48.9. The predicted molar refractivity (Wildman–Crippen MR) is 534 cm³/mol. The summed E-state index contributed by atoms with van der Waals surface area (Å²) in [4.78, 5) is 155. The maximum absolute atomic E-state index is 13.8. The van der Waals surface area contributed by atoms with E-state index in [1.54, 1.807) is 84.9 Å². The van der Waals surface area contributed by atoms with Crippen LogP contribution in [0.5, 0.6) is 46.0 Å². The smallest absolute Gasteiger partial charge is 0.330 e. The molecule has 0 saturated heterocycles. The number of nitrogens with zero attached hydrogens (tertiary/aromatic N) is 4. The molecule has 7 aromatic carbocycles. The van der Waals surface area contributed by atoms with Crippen LogP contribution >= 0.6 is 11.3 Å². The summed E-state index contributed by atoms with van der Waals surface area (Å²) >= 11 is 1.43. The second-order valence-electron chi connectivity index (χ2n) is 35.2. The number of esters is 10. The van der Waals surface area contributed by atoms with E-state index in [1.807, 2.05) is 72.8 Å². The van der Waals surface area contributed by atoms with E-state index in [4.69, 9.17) is 56.8 Å². The summed E-state index contributed by atoms with van der Waals surface area (Å²) in [6, 6.07) is 46.9. The quantitative estimate of drug-likeness (QED) is 0.00606. The maximum atomic E-state index is 13.8. The van der Waals surface area contributed by atoms with E-state index in [-0.39, 0.29) is 83.6 Å². The number of rotatable bonds is 49. The number of unbranched alkanes of at least 4 members (excludes halogenated alkanes) is 8. The number of aromatic nitrogens is 1. The number of hydrazone groups is 1. The van der Waals surface area contributed by atoms with Crippen molar-refractivity contribution in [2.75, 3.05) is 58.2 Å². The zero-order valence-electron chi connectivity index (χ0n) is 79.9. The molecule has 3 N–H and O–H groups in total. The number of para-hydroxylation sites is 1. The van der Waals surface area contributed by atoms with Gasteiger partial charge in [-0.15, -0.1) is 5.10 Å². The minimum Gasteiger partial charge on any atom is -0.494 e. The van der Waals surface area contributed by atoms with E-state index in [0.717, 1.165) is 108 Å². The van der Waals surface area contributed by atoms with Crippen molar-refractivity contribution in [2.45, 2.75) is 180 Å². The fraction of sp³-hybridized carbons (Fsp3) is 0.400. The van der Waals surface area contributed by atoms with Crippen LogP contribution in [-0.4, -0.2) is 147 Å². The van der Waals surface area contributed by atoms with Crippen molar-refractivity contribution in [1.29, 1.82) is 0 Å². The van der Waals surface area contributed by atoms with Gasteiger partial charge < -0.3 is 67.5 Å². The molecule has 5 aliphatic carbocycles. The minimum absolute atomic E-state index is 0.0501. The SMILES string of the molecule is C=CC(=O)OCCCCCCOc1ccc(OC(=O)C2CCC(C(=O)Oc3ccc(OC(=O)C4CCC(C(=O)Oc5ccc(OCCCCCCOC(=O)C=C)cc5)CC4)c(/C=N/N=C4c5ccccc5-c5ccccc54)c3)CC2)cc1.C=CC(=O)OCCCCNC(=O)C1CCC(C(=O)Oc2ccc(OC(=O)C3CCC(C(=O)NCCCCOC(=O)C=C)CC3)c(/C=N/Nc3nc4ccccc4s3)c2)CC1. The summed E-state index contributed by atoms with van der Waals surface area (Å²) < 4.78 is 67.8. The van der Waals surface area contributed by atoms with Crippen LogP contribution in [0.2, 0.25) is 0 Å². The molecule has 5 aliphatic rings. The maximum Gasteiger partial charge on any atom is 0.330 e. The number of hydrogen-bond acceptors (Lipinski definition) is 30. The third kappa shape index (κ3) is 33.6. The van der Waals surface area contributed by atoms with E-state index in [0.29, 0.717) is 213 Å². The number of hydrogen-bond donors (Lipinski definition) is 3. The van der Waals surface area contributed by atoms with Crippen molar-refractivity contribution in [2.24, 2.45) is 62.6 Å². The summed E-state index contributed by atoms with van der Waals surface area (Å²) in [7, 11) is 0. The molecular weight excluding hydrogens is 1840 g/mol. The zero-order valence-corrected chi connectivity index (χ0v) is 80.7. The second kappa shape index (κ2) is 56.6. The standard InChI is InChI=1S/C66H70N2O14.C44H53N5O10S/c1-3-60(69)77-41-15-7-5-13-39-75-50-29-33-52(34-30-50)79-63(71)45-21-23-47(24-22-45)65(73)81-54-37-38-59(49(43-54)44-67-68-62-57-19-11-9-17-55(57)56-18-10-12-20-58(56)62)82-66(74)48-27-25-46(26-28-48)64(72)80-53-35-31-51(32-36-53)76-40-14-6-8-16-42-78-61(70)4-2;1-3-38(50)56-25-9-7-23-45-40(52)29-13-17-31(18-14-29)42(54)58-34-21-22-36(33(27-34)28-47-49-44-48-35-11-5-6-12-37(35)60-44)59-43(55)32-19-15-30(16-20-32)41(53)46-24-8-10-26-57-39(51)4-2/h3-4,9-12,17-20,29-38,43-48H,1-2,5-8,13-16,21-28,39-42H2;3-6,11-12,21-22,27-32H,1-2,7-10,13-20,23-26H2,(H,45,52)(H,46,53)(H,48,49)/b67-44+;47-28+. The lowest BCUT2D eigenvalue weighted by Crippen LogP contribution is -2.35. The number of carbonyl (C=O) groups excluding carboxylic acids is 12. The van der Waals surface area contributed by atoms with Gasteiger partial charge in [-0.2, -0.15) is 10.2 Å². The van der Waals surface area contributed by atoms with Crippen LogP contribution in [0, 0.1) is 47.3 Å². The number of anilines is 1. The average Bonchev–Trinajstić information content (AvgIpc) is 1.61. The van der Waals surface area contributed by atoms with Crippen molar-refractivity contribution in [3.8, 4) is 57.1 Å².